The lowest BCUT2D eigenvalue weighted by molar-refractivity contribution is -0.114. The third-order valence-electron chi connectivity index (χ3n) is 4.02. The molecule has 0 aliphatic carbocycles. The summed E-state index contributed by atoms with van der Waals surface area (Å²) in [6.07, 6.45) is 3.26. The largest absolute Gasteiger partial charge is 0.495 e. The summed E-state index contributed by atoms with van der Waals surface area (Å²) in [7, 11) is 1.52. The maximum absolute atomic E-state index is 12.4. The van der Waals surface area contributed by atoms with E-state index < -0.39 is 0 Å². The second kappa shape index (κ2) is 8.19. The number of hydrogen-bond donors (Lipinski definition) is 2. The zero-order valence-corrected chi connectivity index (χ0v) is 15.2. The number of anilines is 2. The first kappa shape index (κ1) is 18.2. The van der Waals surface area contributed by atoms with Gasteiger partial charge >= 0.3 is 0 Å². The zero-order valence-electron chi connectivity index (χ0n) is 15.2. The van der Waals surface area contributed by atoms with Gasteiger partial charge in [-0.1, -0.05) is 42.5 Å². The van der Waals surface area contributed by atoms with E-state index in [4.69, 9.17) is 4.74 Å². The lowest BCUT2D eigenvalue weighted by Crippen LogP contribution is -2.10. The smallest absolute Gasteiger partial charge is 0.248 e. The van der Waals surface area contributed by atoms with Crippen molar-refractivity contribution in [1.82, 2.24) is 0 Å². The molecule has 3 aromatic rings. The van der Waals surface area contributed by atoms with E-state index in [0.717, 1.165) is 16.3 Å². The number of fused-ring (bicyclic) bond motifs is 1. The van der Waals surface area contributed by atoms with Crippen molar-refractivity contribution in [3.8, 4) is 5.75 Å². The summed E-state index contributed by atoms with van der Waals surface area (Å²) in [5, 5.41) is 7.67. The summed E-state index contributed by atoms with van der Waals surface area (Å²) >= 11 is 0. The van der Waals surface area contributed by atoms with E-state index in [1.807, 2.05) is 42.5 Å². The Morgan fingerprint density at radius 3 is 2.52 bits per heavy atom. The van der Waals surface area contributed by atoms with Crippen LogP contribution in [0, 0.1) is 0 Å². The number of ether oxygens (including phenoxy) is 1. The molecule has 0 bridgehead atoms. The molecule has 5 nitrogen and oxygen atoms in total. The molecule has 0 radical (unpaired) electrons. The van der Waals surface area contributed by atoms with Gasteiger partial charge in [-0.15, -0.1) is 0 Å². The molecule has 0 aliphatic rings. The first-order valence-corrected chi connectivity index (χ1v) is 8.49. The summed E-state index contributed by atoms with van der Waals surface area (Å²) in [6.45, 7) is 1.43. The molecular formula is C22H20N2O3. The van der Waals surface area contributed by atoms with Crippen molar-refractivity contribution in [3.63, 3.8) is 0 Å². The van der Waals surface area contributed by atoms with Gasteiger partial charge in [0.05, 0.1) is 12.8 Å². The number of rotatable bonds is 5. The molecule has 2 amide bonds. The topological polar surface area (TPSA) is 67.4 Å². The van der Waals surface area contributed by atoms with Crippen molar-refractivity contribution >= 4 is 40.0 Å². The van der Waals surface area contributed by atoms with Crippen LogP contribution in [0.5, 0.6) is 5.75 Å². The van der Waals surface area contributed by atoms with E-state index in [0.29, 0.717) is 17.1 Å². The van der Waals surface area contributed by atoms with Gasteiger partial charge in [0.1, 0.15) is 5.75 Å². The van der Waals surface area contributed by atoms with Crippen LogP contribution in [0.25, 0.3) is 16.8 Å². The average molecular weight is 360 g/mol. The Labute approximate surface area is 157 Å². The van der Waals surface area contributed by atoms with Crippen LogP contribution in [0.4, 0.5) is 11.4 Å². The van der Waals surface area contributed by atoms with Gasteiger partial charge in [-0.3, -0.25) is 9.59 Å². The fourth-order valence-corrected chi connectivity index (χ4v) is 2.82. The molecule has 0 unspecified atom stereocenters. The number of benzene rings is 3. The van der Waals surface area contributed by atoms with E-state index in [2.05, 4.69) is 10.6 Å². The molecule has 0 heterocycles. The van der Waals surface area contributed by atoms with Crippen LogP contribution in [0.15, 0.2) is 66.7 Å². The number of carbonyl (C=O) groups is 2. The summed E-state index contributed by atoms with van der Waals surface area (Å²) in [6, 6.07) is 19.0. The molecule has 0 saturated heterocycles. The third kappa shape index (κ3) is 4.52. The van der Waals surface area contributed by atoms with Gasteiger partial charge in [-0.25, -0.2) is 0 Å². The highest BCUT2D eigenvalue weighted by Gasteiger charge is 2.08. The Kier molecular flexibility index (Phi) is 5.52. The fraction of sp³-hybridized carbons (Fsp3) is 0.0909. The lowest BCUT2D eigenvalue weighted by atomic mass is 10.0. The predicted octanol–water partition coefficient (Wildman–Crippen LogP) is 4.46. The minimum atomic E-state index is -0.291. The number of nitrogens with one attached hydrogen (secondary N) is 2. The predicted molar refractivity (Wildman–Crippen MR) is 109 cm³/mol. The van der Waals surface area contributed by atoms with Crippen molar-refractivity contribution in [2.75, 3.05) is 17.7 Å². The van der Waals surface area contributed by atoms with Gasteiger partial charge in [-0.05, 0) is 40.6 Å². The Morgan fingerprint density at radius 2 is 1.74 bits per heavy atom. The molecule has 3 rings (SSSR count). The molecule has 0 atom stereocenters. The summed E-state index contributed by atoms with van der Waals surface area (Å²) < 4.78 is 5.28. The van der Waals surface area contributed by atoms with Crippen LogP contribution in [-0.4, -0.2) is 18.9 Å². The van der Waals surface area contributed by atoms with Crippen LogP contribution >= 0.6 is 0 Å². The van der Waals surface area contributed by atoms with Crippen LogP contribution in [-0.2, 0) is 9.59 Å². The average Bonchev–Trinajstić information content (AvgIpc) is 2.66. The van der Waals surface area contributed by atoms with Gasteiger partial charge in [0.15, 0.2) is 0 Å². The van der Waals surface area contributed by atoms with Gasteiger partial charge in [0.2, 0.25) is 11.8 Å². The normalized spacial score (nSPS) is 10.7. The van der Waals surface area contributed by atoms with Crippen molar-refractivity contribution in [1.29, 1.82) is 0 Å². The summed E-state index contributed by atoms with van der Waals surface area (Å²) in [4.78, 5) is 23.6. The minimum absolute atomic E-state index is 0.187. The van der Waals surface area contributed by atoms with Crippen molar-refractivity contribution in [2.24, 2.45) is 0 Å². The van der Waals surface area contributed by atoms with Crippen LogP contribution < -0.4 is 15.4 Å². The molecule has 0 fully saturated rings. The Hall–Kier alpha value is -3.60. The van der Waals surface area contributed by atoms with Crippen molar-refractivity contribution < 1.29 is 14.3 Å². The first-order valence-electron chi connectivity index (χ1n) is 8.49. The number of carbonyl (C=O) groups excluding carboxylic acids is 2. The van der Waals surface area contributed by atoms with Gasteiger partial charge in [0.25, 0.3) is 0 Å². The molecule has 0 saturated carbocycles. The SMILES string of the molecule is COc1ccc(NC(C)=O)cc1NC(=O)/C=C/c1cccc2ccccc12. The molecular weight excluding hydrogens is 340 g/mol. The number of amides is 2. The van der Waals surface area contributed by atoms with E-state index in [-0.39, 0.29) is 11.8 Å². The van der Waals surface area contributed by atoms with E-state index in [1.165, 1.54) is 20.1 Å². The van der Waals surface area contributed by atoms with E-state index in [1.54, 1.807) is 24.3 Å². The van der Waals surface area contributed by atoms with Crippen molar-refractivity contribution in [3.05, 3.63) is 72.3 Å². The summed E-state index contributed by atoms with van der Waals surface area (Å²) in [5.74, 6) is 0.0329. The molecule has 136 valence electrons. The van der Waals surface area contributed by atoms with Crippen molar-refractivity contribution in [2.45, 2.75) is 6.92 Å². The van der Waals surface area contributed by atoms with Gasteiger partial charge in [0, 0.05) is 18.7 Å². The second-order valence-corrected chi connectivity index (χ2v) is 5.99. The van der Waals surface area contributed by atoms with Crippen LogP contribution in [0.3, 0.4) is 0 Å². The molecule has 0 aromatic heterocycles. The fourth-order valence-electron chi connectivity index (χ4n) is 2.82. The van der Waals surface area contributed by atoms with Crippen LogP contribution in [0.1, 0.15) is 12.5 Å². The van der Waals surface area contributed by atoms with Gasteiger partial charge in [-0.2, -0.15) is 0 Å². The second-order valence-electron chi connectivity index (χ2n) is 5.99. The van der Waals surface area contributed by atoms with Crippen LogP contribution in [0.2, 0.25) is 0 Å². The lowest BCUT2D eigenvalue weighted by Gasteiger charge is -2.11. The summed E-state index contributed by atoms with van der Waals surface area (Å²) in [5.41, 5.74) is 2.02. The molecule has 0 spiro atoms. The molecule has 0 aliphatic heterocycles. The first-order chi connectivity index (χ1) is 13.1. The number of methoxy groups -OCH3 is 1. The molecule has 5 heteroatoms. The molecule has 27 heavy (non-hydrogen) atoms. The maximum atomic E-state index is 12.4. The van der Waals surface area contributed by atoms with E-state index in [9.17, 15) is 9.59 Å². The molecule has 3 aromatic carbocycles. The Morgan fingerprint density at radius 1 is 0.963 bits per heavy atom. The van der Waals surface area contributed by atoms with Gasteiger partial charge < -0.3 is 15.4 Å². The zero-order chi connectivity index (χ0) is 19.2. The highest BCUT2D eigenvalue weighted by atomic mass is 16.5. The quantitative estimate of drug-likeness (QED) is 0.660. The standard InChI is InChI=1S/C22H20N2O3/c1-15(25)23-18-11-12-21(27-2)20(14-18)24-22(26)13-10-17-8-5-7-16-6-3-4-9-19(16)17/h3-14H,1-2H3,(H,23,25)(H,24,26)/b13-10+. The highest BCUT2D eigenvalue weighted by Crippen LogP contribution is 2.28. The maximum Gasteiger partial charge on any atom is 0.248 e. The molecule has 2 N–H and O–H groups in total. The number of hydrogen-bond acceptors (Lipinski definition) is 3. The third-order valence-corrected chi connectivity index (χ3v) is 4.02. The highest BCUT2D eigenvalue weighted by molar-refractivity contribution is 6.04. The van der Waals surface area contributed by atoms with E-state index >= 15 is 0 Å². The Balaban J connectivity index is 1.80. The minimum Gasteiger partial charge on any atom is -0.495 e. The monoisotopic (exact) mass is 360 g/mol. The Bertz CT molecular complexity index is 1020.